The average Bonchev–Trinajstić information content (AvgIpc) is 3.70. The van der Waals surface area contributed by atoms with Crippen molar-refractivity contribution in [3.8, 4) is 5.88 Å². The standard InChI is InChI=1S/C34H39F3N6O3.H2/c1-31(8-5-9-31)38-14-21-10-24-25(26(11-21)34(35,36)37)15-43(29(24)44)27-12-22(13-28(40-27)46-23-6-3-4-7-23)33(30-41-39-20-42(30)2)16-32(17-33)18-45-19-32;/h10-13,20,23,38H,3-9,14-19H2,1-2H3;1H. The molecule has 1 N–H and O–H groups in total. The number of rotatable bonds is 8. The Hall–Kier alpha value is -3.51. The number of carbonyl (C=O) groups is 1. The Bertz CT molecular complexity index is 1690. The highest BCUT2D eigenvalue weighted by atomic mass is 19.4. The summed E-state index contributed by atoms with van der Waals surface area (Å²) in [5.74, 6) is 0.972. The third-order valence-electron chi connectivity index (χ3n) is 11.1. The van der Waals surface area contributed by atoms with E-state index in [1.807, 2.05) is 23.7 Å². The summed E-state index contributed by atoms with van der Waals surface area (Å²) < 4.78 is 57.4. The summed E-state index contributed by atoms with van der Waals surface area (Å²) in [6.07, 6.45) is 5.65. The smallest absolute Gasteiger partial charge is 0.416 e. The molecule has 0 radical (unpaired) electrons. The lowest BCUT2D eigenvalue weighted by Gasteiger charge is -2.59. The quantitative estimate of drug-likeness (QED) is 0.319. The van der Waals surface area contributed by atoms with Crippen LogP contribution in [0.25, 0.3) is 0 Å². The number of aryl methyl sites for hydroxylation is 1. The number of halogens is 3. The Balaban J connectivity index is 0.00000351. The van der Waals surface area contributed by atoms with Crippen LogP contribution in [-0.4, -0.2) is 50.5 Å². The number of carbonyl (C=O) groups excluding carboxylic acids is 1. The summed E-state index contributed by atoms with van der Waals surface area (Å²) >= 11 is 0. The highest BCUT2D eigenvalue weighted by molar-refractivity contribution is 6.10. The Kier molecular flexibility index (Phi) is 6.82. The molecule has 0 atom stereocenters. The van der Waals surface area contributed by atoms with Crippen LogP contribution in [0.1, 0.15) is 105 Å². The molecule has 0 bridgehead atoms. The molecule has 3 saturated carbocycles. The molecule has 2 aromatic heterocycles. The van der Waals surface area contributed by atoms with E-state index in [1.165, 1.54) is 11.0 Å². The highest BCUT2D eigenvalue weighted by Gasteiger charge is 2.62. The van der Waals surface area contributed by atoms with Crippen molar-refractivity contribution in [3.63, 3.8) is 0 Å². The SMILES string of the molecule is Cn1cnnc1C1(c2cc(OC3CCCC3)nc(N3Cc4c(cc(CNC5(C)CCC5)cc4C(F)(F)F)C3=O)c2)CC2(COC2)C1.[HH]. The number of fused-ring (bicyclic) bond motifs is 1. The van der Waals surface area contributed by atoms with Gasteiger partial charge in [-0.15, -0.1) is 10.2 Å². The maximum atomic E-state index is 14.5. The van der Waals surface area contributed by atoms with E-state index in [2.05, 4.69) is 22.4 Å². The van der Waals surface area contributed by atoms with Crippen LogP contribution in [0.3, 0.4) is 0 Å². The molecule has 4 fully saturated rings. The highest BCUT2D eigenvalue weighted by Crippen LogP contribution is 2.62. The molecule has 46 heavy (non-hydrogen) atoms. The molecule has 1 aromatic carbocycles. The molecule has 1 amide bonds. The first-order valence-corrected chi connectivity index (χ1v) is 16.4. The van der Waals surface area contributed by atoms with Crippen molar-refractivity contribution in [2.45, 2.75) is 101 Å². The number of nitrogens with zero attached hydrogens (tertiary/aromatic N) is 5. The van der Waals surface area contributed by atoms with Gasteiger partial charge in [-0.1, -0.05) is 0 Å². The Morgan fingerprint density at radius 1 is 1.11 bits per heavy atom. The summed E-state index contributed by atoms with van der Waals surface area (Å²) in [6.45, 7) is 3.47. The largest absolute Gasteiger partial charge is 0.474 e. The minimum atomic E-state index is -4.61. The number of alkyl halides is 3. The molecule has 3 aliphatic carbocycles. The number of anilines is 1. The molecule has 246 valence electrons. The second-order valence-corrected chi connectivity index (χ2v) is 14.6. The van der Waals surface area contributed by atoms with Gasteiger partial charge in [-0.05, 0) is 99.6 Å². The van der Waals surface area contributed by atoms with Crippen molar-refractivity contribution >= 4 is 11.7 Å². The number of hydrogen-bond acceptors (Lipinski definition) is 7. The van der Waals surface area contributed by atoms with E-state index in [4.69, 9.17) is 14.5 Å². The maximum Gasteiger partial charge on any atom is 0.416 e. The molecule has 9 nitrogen and oxygen atoms in total. The molecule has 4 heterocycles. The summed E-state index contributed by atoms with van der Waals surface area (Å²) in [4.78, 5) is 20.2. The van der Waals surface area contributed by atoms with Crippen molar-refractivity contribution in [1.29, 1.82) is 0 Å². The summed E-state index contributed by atoms with van der Waals surface area (Å²) in [6, 6.07) is 6.60. The Morgan fingerprint density at radius 2 is 1.87 bits per heavy atom. The Morgan fingerprint density at radius 3 is 2.48 bits per heavy atom. The van der Waals surface area contributed by atoms with Gasteiger partial charge in [0.1, 0.15) is 24.1 Å². The predicted octanol–water partition coefficient (Wildman–Crippen LogP) is 6.09. The molecular weight excluding hydrogens is 597 g/mol. The van der Waals surface area contributed by atoms with Crippen molar-refractivity contribution < 1.29 is 28.9 Å². The van der Waals surface area contributed by atoms with Gasteiger partial charge in [0.2, 0.25) is 5.88 Å². The number of aromatic nitrogens is 4. The number of nitrogens with one attached hydrogen (secondary N) is 1. The molecule has 3 aromatic rings. The van der Waals surface area contributed by atoms with E-state index >= 15 is 0 Å². The fraction of sp³-hybridized carbons (Fsp3) is 0.588. The van der Waals surface area contributed by atoms with E-state index in [0.717, 1.165) is 69.2 Å². The first-order chi connectivity index (χ1) is 22.0. The van der Waals surface area contributed by atoms with Crippen LogP contribution in [0.2, 0.25) is 0 Å². The minimum absolute atomic E-state index is 0. The number of hydrogen-bond donors (Lipinski definition) is 1. The fourth-order valence-electron chi connectivity index (χ4n) is 8.38. The second-order valence-electron chi connectivity index (χ2n) is 14.6. The van der Waals surface area contributed by atoms with E-state index in [1.54, 1.807) is 12.4 Å². The van der Waals surface area contributed by atoms with Crippen LogP contribution in [-0.2, 0) is 36.5 Å². The Labute approximate surface area is 267 Å². The van der Waals surface area contributed by atoms with Crippen molar-refractivity contribution in [3.05, 3.63) is 64.2 Å². The molecule has 12 heteroatoms. The molecule has 1 spiro atoms. The van der Waals surface area contributed by atoms with Crippen LogP contribution in [0.5, 0.6) is 5.88 Å². The van der Waals surface area contributed by atoms with Crippen LogP contribution in [0, 0.1) is 5.41 Å². The van der Waals surface area contributed by atoms with E-state index < -0.39 is 23.1 Å². The third-order valence-corrected chi connectivity index (χ3v) is 11.1. The van der Waals surface area contributed by atoms with Crippen molar-refractivity contribution in [2.75, 3.05) is 18.1 Å². The summed E-state index contributed by atoms with van der Waals surface area (Å²) in [5, 5.41) is 12.1. The lowest BCUT2D eigenvalue weighted by Crippen LogP contribution is -2.60. The molecule has 1 saturated heterocycles. The third kappa shape index (κ3) is 4.90. The zero-order valence-corrected chi connectivity index (χ0v) is 26.3. The van der Waals surface area contributed by atoms with Gasteiger partial charge in [-0.25, -0.2) is 0 Å². The zero-order chi connectivity index (χ0) is 31.9. The van der Waals surface area contributed by atoms with Gasteiger partial charge in [0.05, 0.1) is 30.7 Å². The zero-order valence-electron chi connectivity index (χ0n) is 26.3. The predicted molar refractivity (Wildman–Crippen MR) is 165 cm³/mol. The van der Waals surface area contributed by atoms with Crippen LogP contribution in [0.4, 0.5) is 19.0 Å². The minimum Gasteiger partial charge on any atom is -0.474 e. The van der Waals surface area contributed by atoms with E-state index in [9.17, 15) is 18.0 Å². The lowest BCUT2D eigenvalue weighted by molar-refractivity contribution is -0.182. The lowest BCUT2D eigenvalue weighted by atomic mass is 9.49. The first kappa shape index (κ1) is 29.9. The van der Waals surface area contributed by atoms with Crippen LogP contribution in [0.15, 0.2) is 30.6 Å². The van der Waals surface area contributed by atoms with Crippen molar-refractivity contribution in [1.82, 2.24) is 25.1 Å². The van der Waals surface area contributed by atoms with Gasteiger partial charge in [0.25, 0.3) is 5.91 Å². The number of benzene rings is 1. The van der Waals surface area contributed by atoms with Crippen LogP contribution < -0.4 is 15.0 Å². The normalized spacial score (nSPS) is 22.8. The fourth-order valence-corrected chi connectivity index (χ4v) is 8.38. The summed E-state index contributed by atoms with van der Waals surface area (Å²) in [7, 11) is 1.91. The molecule has 2 aliphatic heterocycles. The summed E-state index contributed by atoms with van der Waals surface area (Å²) in [5.41, 5.74) is 0.0530. The molecular formula is C34H41F3N6O3. The van der Waals surface area contributed by atoms with Gasteiger partial charge in [-0.2, -0.15) is 18.2 Å². The number of ether oxygens (including phenoxy) is 2. The first-order valence-electron chi connectivity index (χ1n) is 16.4. The monoisotopic (exact) mass is 638 g/mol. The maximum absolute atomic E-state index is 14.5. The van der Waals surface area contributed by atoms with E-state index in [0.29, 0.717) is 24.7 Å². The molecule has 0 unspecified atom stereocenters. The molecule has 5 aliphatic rings. The van der Waals surface area contributed by atoms with Gasteiger partial charge in [0.15, 0.2) is 0 Å². The number of amides is 1. The van der Waals surface area contributed by atoms with Gasteiger partial charge >= 0.3 is 6.18 Å². The van der Waals surface area contributed by atoms with Gasteiger partial charge in [-0.3, -0.25) is 9.69 Å². The topological polar surface area (TPSA) is 94.4 Å². The second kappa shape index (κ2) is 10.5. The van der Waals surface area contributed by atoms with Crippen molar-refractivity contribution in [2.24, 2.45) is 12.5 Å². The van der Waals surface area contributed by atoms with Gasteiger partial charge in [0, 0.05) is 37.6 Å². The molecule has 8 rings (SSSR count). The average molecular weight is 639 g/mol. The number of pyridine rings is 1. The van der Waals surface area contributed by atoms with Gasteiger partial charge < -0.3 is 19.4 Å². The van der Waals surface area contributed by atoms with E-state index in [-0.39, 0.29) is 48.5 Å². The van der Waals surface area contributed by atoms with Crippen LogP contribution >= 0.6 is 0 Å².